The van der Waals surface area contributed by atoms with E-state index in [2.05, 4.69) is 15.9 Å². The lowest BCUT2D eigenvalue weighted by atomic mass is 9.93. The molecule has 1 aromatic rings. The molecule has 94 valence electrons. The van der Waals surface area contributed by atoms with E-state index in [9.17, 15) is 9.18 Å². The normalized spacial score (nSPS) is 12.2. The highest BCUT2D eigenvalue weighted by molar-refractivity contribution is 9.10. The molecule has 0 bridgehead atoms. The van der Waals surface area contributed by atoms with E-state index in [-0.39, 0.29) is 11.8 Å². The van der Waals surface area contributed by atoms with Crippen LogP contribution in [0, 0.1) is 5.82 Å². The van der Waals surface area contributed by atoms with Gasteiger partial charge in [0.1, 0.15) is 5.82 Å². The molecule has 0 N–H and O–H groups in total. The number of halogens is 2. The molecule has 0 saturated heterocycles. The van der Waals surface area contributed by atoms with Gasteiger partial charge < -0.3 is 4.74 Å². The van der Waals surface area contributed by atoms with Gasteiger partial charge in [0.2, 0.25) is 0 Å². The van der Waals surface area contributed by atoms with E-state index in [0.717, 1.165) is 17.3 Å². The number of unbranched alkanes of at least 4 members (excludes halogenated alkanes) is 1. The topological polar surface area (TPSA) is 26.3 Å². The number of benzene rings is 1. The largest absolute Gasteiger partial charge is 0.469 e. The van der Waals surface area contributed by atoms with Crippen LogP contribution in [-0.4, -0.2) is 13.1 Å². The van der Waals surface area contributed by atoms with Crippen LogP contribution in [0.2, 0.25) is 0 Å². The van der Waals surface area contributed by atoms with Crippen molar-refractivity contribution < 1.29 is 13.9 Å². The predicted molar refractivity (Wildman–Crippen MR) is 68.4 cm³/mol. The Morgan fingerprint density at radius 3 is 2.82 bits per heavy atom. The van der Waals surface area contributed by atoms with E-state index in [1.54, 1.807) is 12.1 Å². The minimum atomic E-state index is -0.516. The Balaban J connectivity index is 3.02. The maximum atomic E-state index is 13.7. The van der Waals surface area contributed by atoms with Gasteiger partial charge in [-0.15, -0.1) is 0 Å². The first-order chi connectivity index (χ1) is 8.10. The summed E-state index contributed by atoms with van der Waals surface area (Å²) in [6.07, 6.45) is 2.44. The summed E-state index contributed by atoms with van der Waals surface area (Å²) < 4.78 is 19.2. The molecule has 0 fully saturated rings. The van der Waals surface area contributed by atoms with Crippen LogP contribution >= 0.6 is 15.9 Å². The third-order valence-electron chi connectivity index (χ3n) is 2.67. The van der Waals surface area contributed by atoms with Gasteiger partial charge in [0.25, 0.3) is 0 Å². The first kappa shape index (κ1) is 14.2. The maximum absolute atomic E-state index is 13.7. The van der Waals surface area contributed by atoms with Gasteiger partial charge >= 0.3 is 5.97 Å². The first-order valence-corrected chi connectivity index (χ1v) is 6.42. The fourth-order valence-electron chi connectivity index (χ4n) is 1.73. The number of methoxy groups -OCH3 is 1. The van der Waals surface area contributed by atoms with Crippen LogP contribution in [0.15, 0.2) is 22.7 Å². The molecule has 17 heavy (non-hydrogen) atoms. The average molecular weight is 303 g/mol. The molecule has 0 spiro atoms. The van der Waals surface area contributed by atoms with Crippen molar-refractivity contribution in [2.24, 2.45) is 0 Å². The molecule has 1 unspecified atom stereocenters. The Morgan fingerprint density at radius 1 is 1.53 bits per heavy atom. The van der Waals surface area contributed by atoms with Crippen LogP contribution in [0.1, 0.15) is 37.7 Å². The quantitative estimate of drug-likeness (QED) is 0.768. The lowest BCUT2D eigenvalue weighted by Gasteiger charge is -2.15. The standard InChI is InChI=1S/C13H16BrFO2/c1-3-4-5-10(13(16)17-2)11-8-9(14)6-7-12(11)15/h6-8,10H,3-5H2,1-2H3. The molecule has 1 rings (SSSR count). The second-order valence-corrected chi connectivity index (χ2v) is 4.80. The molecular weight excluding hydrogens is 287 g/mol. The van der Waals surface area contributed by atoms with E-state index in [0.29, 0.717) is 12.0 Å². The smallest absolute Gasteiger partial charge is 0.313 e. The van der Waals surface area contributed by atoms with Crippen LogP contribution in [0.25, 0.3) is 0 Å². The van der Waals surface area contributed by atoms with Crippen molar-refractivity contribution in [3.63, 3.8) is 0 Å². The van der Waals surface area contributed by atoms with Crippen molar-refractivity contribution in [1.82, 2.24) is 0 Å². The highest BCUT2D eigenvalue weighted by Crippen LogP contribution is 2.28. The Bertz CT molecular complexity index is 393. The van der Waals surface area contributed by atoms with Crippen molar-refractivity contribution in [3.05, 3.63) is 34.1 Å². The lowest BCUT2D eigenvalue weighted by molar-refractivity contribution is -0.142. The second kappa shape index (κ2) is 6.74. The van der Waals surface area contributed by atoms with Crippen LogP contribution in [0.3, 0.4) is 0 Å². The van der Waals surface area contributed by atoms with Crippen molar-refractivity contribution in [2.45, 2.75) is 32.1 Å². The highest BCUT2D eigenvalue weighted by atomic mass is 79.9. The minimum absolute atomic E-state index is 0.361. The summed E-state index contributed by atoms with van der Waals surface area (Å²) in [6, 6.07) is 4.63. The molecule has 0 amide bonds. The maximum Gasteiger partial charge on any atom is 0.313 e. The first-order valence-electron chi connectivity index (χ1n) is 5.63. The molecule has 0 heterocycles. The third kappa shape index (κ3) is 3.80. The van der Waals surface area contributed by atoms with Gasteiger partial charge in [-0.25, -0.2) is 4.39 Å². The highest BCUT2D eigenvalue weighted by Gasteiger charge is 2.24. The number of hydrogen-bond acceptors (Lipinski definition) is 2. The summed E-state index contributed by atoms with van der Waals surface area (Å²) in [6.45, 7) is 2.03. The van der Waals surface area contributed by atoms with Crippen LogP contribution < -0.4 is 0 Å². The Labute approximate surface area is 109 Å². The van der Waals surface area contributed by atoms with Crippen molar-refractivity contribution in [3.8, 4) is 0 Å². The molecule has 0 saturated carbocycles. The summed E-state index contributed by atoms with van der Waals surface area (Å²) in [4.78, 5) is 11.7. The zero-order valence-corrected chi connectivity index (χ0v) is 11.6. The van der Waals surface area contributed by atoms with E-state index < -0.39 is 5.92 Å². The summed E-state index contributed by atoms with van der Waals surface area (Å²) in [5, 5.41) is 0. The number of carbonyl (C=O) groups is 1. The molecule has 0 radical (unpaired) electrons. The van der Waals surface area contributed by atoms with Gasteiger partial charge in [-0.2, -0.15) is 0 Å². The molecule has 4 heteroatoms. The molecule has 2 nitrogen and oxygen atoms in total. The van der Waals surface area contributed by atoms with Gasteiger partial charge in [0.05, 0.1) is 13.0 Å². The SMILES string of the molecule is CCCCC(C(=O)OC)c1cc(Br)ccc1F. The minimum Gasteiger partial charge on any atom is -0.469 e. The average Bonchev–Trinajstić information content (AvgIpc) is 2.33. The molecule has 0 aliphatic rings. The number of esters is 1. The molecule has 0 aromatic heterocycles. The summed E-state index contributed by atoms with van der Waals surface area (Å²) in [7, 11) is 1.33. The number of rotatable bonds is 5. The molecule has 1 aromatic carbocycles. The molecule has 0 aliphatic heterocycles. The fraction of sp³-hybridized carbons (Fsp3) is 0.462. The van der Waals surface area contributed by atoms with E-state index in [4.69, 9.17) is 4.74 Å². The fourth-order valence-corrected chi connectivity index (χ4v) is 2.11. The third-order valence-corrected chi connectivity index (χ3v) is 3.16. The second-order valence-electron chi connectivity index (χ2n) is 3.88. The van der Waals surface area contributed by atoms with E-state index >= 15 is 0 Å². The monoisotopic (exact) mass is 302 g/mol. The Hall–Kier alpha value is -0.900. The number of ether oxygens (including phenoxy) is 1. The van der Waals surface area contributed by atoms with E-state index in [1.807, 2.05) is 6.92 Å². The van der Waals surface area contributed by atoms with Gasteiger partial charge in [-0.1, -0.05) is 35.7 Å². The number of hydrogen-bond donors (Lipinski definition) is 0. The molecular formula is C13H16BrFO2. The van der Waals surface area contributed by atoms with Crippen LogP contribution in [-0.2, 0) is 9.53 Å². The van der Waals surface area contributed by atoms with Gasteiger partial charge in [0, 0.05) is 10.0 Å². The van der Waals surface area contributed by atoms with Crippen LogP contribution in [0.4, 0.5) is 4.39 Å². The summed E-state index contributed by atoms with van der Waals surface area (Å²) >= 11 is 3.29. The number of carbonyl (C=O) groups excluding carboxylic acids is 1. The van der Waals surface area contributed by atoms with Crippen molar-refractivity contribution >= 4 is 21.9 Å². The van der Waals surface area contributed by atoms with Crippen molar-refractivity contribution in [1.29, 1.82) is 0 Å². The molecule has 1 atom stereocenters. The van der Waals surface area contributed by atoms with Gasteiger partial charge in [0.15, 0.2) is 0 Å². The molecule has 0 aliphatic carbocycles. The van der Waals surface area contributed by atoms with Gasteiger partial charge in [-0.05, 0) is 24.6 Å². The van der Waals surface area contributed by atoms with E-state index in [1.165, 1.54) is 13.2 Å². The summed E-state index contributed by atoms with van der Waals surface area (Å²) in [5.74, 6) is -1.26. The van der Waals surface area contributed by atoms with Gasteiger partial charge in [-0.3, -0.25) is 4.79 Å². The Morgan fingerprint density at radius 2 is 2.24 bits per heavy atom. The zero-order chi connectivity index (χ0) is 12.8. The lowest BCUT2D eigenvalue weighted by Crippen LogP contribution is -2.15. The predicted octanol–water partition coefficient (Wildman–Crippen LogP) is 4.04. The Kier molecular flexibility index (Phi) is 5.62. The van der Waals surface area contributed by atoms with Crippen molar-refractivity contribution in [2.75, 3.05) is 7.11 Å². The van der Waals surface area contributed by atoms with Crippen LogP contribution in [0.5, 0.6) is 0 Å². The summed E-state index contributed by atoms with van der Waals surface area (Å²) in [5.41, 5.74) is 0.402. The zero-order valence-electron chi connectivity index (χ0n) is 10.0.